The maximum absolute atomic E-state index is 13.7. The van der Waals surface area contributed by atoms with Gasteiger partial charge in [0.25, 0.3) is 0 Å². The molecule has 1 nitrogen and oxygen atoms in total. The van der Waals surface area contributed by atoms with Gasteiger partial charge in [0.15, 0.2) is 0 Å². The van der Waals surface area contributed by atoms with Crippen molar-refractivity contribution in [1.82, 2.24) is 0 Å². The molecule has 3 heteroatoms. The molecule has 2 rings (SSSR count). The molecule has 0 saturated heterocycles. The van der Waals surface area contributed by atoms with Crippen molar-refractivity contribution in [3.63, 3.8) is 0 Å². The van der Waals surface area contributed by atoms with Gasteiger partial charge in [0.2, 0.25) is 0 Å². The highest BCUT2D eigenvalue weighted by Crippen LogP contribution is 2.37. The minimum Gasteiger partial charge on any atom is -0.389 e. The predicted octanol–water partition coefficient (Wildman–Crippen LogP) is 4.30. The van der Waals surface area contributed by atoms with Gasteiger partial charge >= 0.3 is 0 Å². The van der Waals surface area contributed by atoms with Crippen LogP contribution in [0.15, 0.2) is 23.1 Å². The van der Waals surface area contributed by atoms with E-state index in [4.69, 9.17) is 0 Å². The fraction of sp³-hybridized carbons (Fsp3) is 0.571. The zero-order valence-electron chi connectivity index (χ0n) is 10.2. The van der Waals surface area contributed by atoms with E-state index in [9.17, 15) is 9.50 Å². The molecular formula is C14H19FOS. The normalized spacial score (nSPS) is 19.2. The molecule has 1 saturated carbocycles. The van der Waals surface area contributed by atoms with Crippen molar-refractivity contribution in [2.24, 2.45) is 0 Å². The van der Waals surface area contributed by atoms with Gasteiger partial charge in [-0.25, -0.2) is 4.39 Å². The molecule has 0 spiro atoms. The average molecular weight is 254 g/mol. The molecule has 0 aliphatic heterocycles. The van der Waals surface area contributed by atoms with Gasteiger partial charge in [-0.3, -0.25) is 0 Å². The van der Waals surface area contributed by atoms with Crippen molar-refractivity contribution in [2.45, 2.75) is 55.3 Å². The number of halogens is 1. The van der Waals surface area contributed by atoms with E-state index in [1.54, 1.807) is 24.8 Å². The molecule has 1 aliphatic carbocycles. The largest absolute Gasteiger partial charge is 0.389 e. The van der Waals surface area contributed by atoms with Crippen LogP contribution in [0.2, 0.25) is 0 Å². The summed E-state index contributed by atoms with van der Waals surface area (Å²) in [6.07, 6.45) is 5.56. The molecule has 1 aromatic carbocycles. The first-order valence-corrected chi connectivity index (χ1v) is 7.19. The number of rotatable bonds is 3. The van der Waals surface area contributed by atoms with Gasteiger partial charge in [-0.05, 0) is 31.9 Å². The lowest BCUT2D eigenvalue weighted by Crippen LogP contribution is -2.09. The zero-order valence-corrected chi connectivity index (χ0v) is 11.0. The van der Waals surface area contributed by atoms with Gasteiger partial charge < -0.3 is 5.11 Å². The minimum absolute atomic E-state index is 0.291. The Kier molecular flexibility index (Phi) is 4.46. The van der Waals surface area contributed by atoms with Gasteiger partial charge in [0.1, 0.15) is 5.82 Å². The third-order valence-electron chi connectivity index (χ3n) is 3.28. The summed E-state index contributed by atoms with van der Waals surface area (Å²) in [6, 6.07) is 5.07. The zero-order chi connectivity index (χ0) is 12.3. The second-order valence-electron chi connectivity index (χ2n) is 4.71. The Morgan fingerprint density at radius 1 is 1.29 bits per heavy atom. The Morgan fingerprint density at radius 3 is 2.65 bits per heavy atom. The van der Waals surface area contributed by atoms with Crippen LogP contribution in [0, 0.1) is 5.82 Å². The third-order valence-corrected chi connectivity index (χ3v) is 4.69. The second-order valence-corrected chi connectivity index (χ2v) is 6.05. The van der Waals surface area contributed by atoms with E-state index in [1.807, 2.05) is 6.07 Å². The first kappa shape index (κ1) is 12.9. The molecule has 94 valence electrons. The lowest BCUT2D eigenvalue weighted by atomic mass is 10.0. The van der Waals surface area contributed by atoms with E-state index >= 15 is 0 Å². The Bertz CT molecular complexity index is 372. The number of aliphatic hydroxyl groups excluding tert-OH is 1. The molecule has 1 unspecified atom stereocenters. The van der Waals surface area contributed by atoms with Crippen molar-refractivity contribution in [3.8, 4) is 0 Å². The van der Waals surface area contributed by atoms with Crippen LogP contribution < -0.4 is 0 Å². The molecule has 1 aliphatic rings. The van der Waals surface area contributed by atoms with E-state index in [0.717, 1.165) is 4.90 Å². The summed E-state index contributed by atoms with van der Waals surface area (Å²) in [5, 5.41) is 10.2. The van der Waals surface area contributed by atoms with Gasteiger partial charge in [-0.2, -0.15) is 0 Å². The fourth-order valence-electron chi connectivity index (χ4n) is 2.39. The Balaban J connectivity index is 2.16. The number of benzene rings is 1. The van der Waals surface area contributed by atoms with Crippen molar-refractivity contribution in [1.29, 1.82) is 0 Å². The van der Waals surface area contributed by atoms with Crippen molar-refractivity contribution >= 4 is 11.8 Å². The number of thioether (sulfide) groups is 1. The topological polar surface area (TPSA) is 20.2 Å². The van der Waals surface area contributed by atoms with Crippen molar-refractivity contribution < 1.29 is 9.50 Å². The summed E-state index contributed by atoms with van der Waals surface area (Å²) in [4.78, 5) is 0.909. The highest BCUT2D eigenvalue weighted by atomic mass is 32.2. The molecule has 0 bridgehead atoms. The molecule has 0 radical (unpaired) electrons. The Morgan fingerprint density at radius 2 is 2.00 bits per heavy atom. The summed E-state index contributed by atoms with van der Waals surface area (Å²) in [7, 11) is 0. The standard InChI is InChI=1S/C14H19FOS/c1-10(16)14-12(15)8-5-9-13(14)17-11-6-3-2-4-7-11/h5,8-11,16H,2-4,6-7H2,1H3. The molecular weight excluding hydrogens is 235 g/mol. The fourth-order valence-corrected chi connectivity index (χ4v) is 3.87. The van der Waals surface area contributed by atoms with Crippen LogP contribution in [0.3, 0.4) is 0 Å². The summed E-state index contributed by atoms with van der Waals surface area (Å²) >= 11 is 1.73. The van der Waals surface area contributed by atoms with Crippen molar-refractivity contribution in [2.75, 3.05) is 0 Å². The van der Waals surface area contributed by atoms with Gasteiger partial charge in [-0.15, -0.1) is 11.8 Å². The first-order chi connectivity index (χ1) is 8.18. The van der Waals surface area contributed by atoms with Crippen LogP contribution >= 0.6 is 11.8 Å². The van der Waals surface area contributed by atoms with E-state index in [1.165, 1.54) is 38.2 Å². The maximum atomic E-state index is 13.7. The Labute approximate surface area is 106 Å². The monoisotopic (exact) mass is 254 g/mol. The molecule has 0 aromatic heterocycles. The lowest BCUT2D eigenvalue weighted by Gasteiger charge is -2.22. The van der Waals surface area contributed by atoms with Crippen LogP contribution in [-0.4, -0.2) is 10.4 Å². The molecule has 1 atom stereocenters. The number of hydrogen-bond acceptors (Lipinski definition) is 2. The number of aliphatic hydroxyl groups is 1. The van der Waals surface area contributed by atoms with Crippen molar-refractivity contribution in [3.05, 3.63) is 29.6 Å². The first-order valence-electron chi connectivity index (χ1n) is 6.31. The summed E-state index contributed by atoms with van der Waals surface area (Å²) in [5.74, 6) is -0.291. The summed E-state index contributed by atoms with van der Waals surface area (Å²) in [5.41, 5.74) is 0.461. The number of hydrogen-bond donors (Lipinski definition) is 1. The van der Waals surface area contributed by atoms with Gasteiger partial charge in [0.05, 0.1) is 6.10 Å². The molecule has 0 amide bonds. The lowest BCUT2D eigenvalue weighted by molar-refractivity contribution is 0.191. The summed E-state index contributed by atoms with van der Waals surface area (Å²) < 4.78 is 13.7. The van der Waals surface area contributed by atoms with Crippen LogP contribution in [0.5, 0.6) is 0 Å². The highest BCUT2D eigenvalue weighted by molar-refractivity contribution is 8.00. The smallest absolute Gasteiger partial charge is 0.130 e. The van der Waals surface area contributed by atoms with E-state index < -0.39 is 6.10 Å². The second kappa shape index (κ2) is 5.87. The highest BCUT2D eigenvalue weighted by Gasteiger charge is 2.19. The van der Waals surface area contributed by atoms with Crippen LogP contribution in [0.1, 0.15) is 50.7 Å². The van der Waals surface area contributed by atoms with Crippen LogP contribution in [0.4, 0.5) is 4.39 Å². The molecule has 0 heterocycles. The van der Waals surface area contributed by atoms with Gasteiger partial charge in [0, 0.05) is 15.7 Å². The van der Waals surface area contributed by atoms with E-state index in [2.05, 4.69) is 0 Å². The average Bonchev–Trinajstić information content (AvgIpc) is 2.30. The van der Waals surface area contributed by atoms with Crippen LogP contribution in [-0.2, 0) is 0 Å². The van der Waals surface area contributed by atoms with E-state index in [-0.39, 0.29) is 5.82 Å². The SMILES string of the molecule is CC(O)c1c(F)cccc1SC1CCCCC1. The van der Waals surface area contributed by atoms with Gasteiger partial charge in [-0.1, -0.05) is 25.3 Å². The minimum atomic E-state index is -0.734. The van der Waals surface area contributed by atoms with E-state index in [0.29, 0.717) is 10.8 Å². The molecule has 1 aromatic rings. The summed E-state index contributed by atoms with van der Waals surface area (Å²) in [6.45, 7) is 1.63. The molecule has 17 heavy (non-hydrogen) atoms. The third kappa shape index (κ3) is 3.23. The quantitative estimate of drug-likeness (QED) is 0.867. The maximum Gasteiger partial charge on any atom is 0.130 e. The molecule has 1 fully saturated rings. The Hall–Kier alpha value is -0.540. The predicted molar refractivity (Wildman–Crippen MR) is 69.8 cm³/mol. The van der Waals surface area contributed by atoms with Crippen LogP contribution in [0.25, 0.3) is 0 Å². The molecule has 1 N–H and O–H groups in total.